The van der Waals surface area contributed by atoms with Crippen LogP contribution in [0.4, 0.5) is 4.39 Å². The molecule has 0 unspecified atom stereocenters. The highest BCUT2D eigenvalue weighted by atomic mass is 19.1. The molecule has 2 amide bonds. The van der Waals surface area contributed by atoms with Crippen molar-refractivity contribution in [2.24, 2.45) is 0 Å². The van der Waals surface area contributed by atoms with Crippen LogP contribution in [0, 0.1) is 5.82 Å². The van der Waals surface area contributed by atoms with Gasteiger partial charge in [-0.1, -0.05) is 25.1 Å². The fraction of sp³-hybridized carbons (Fsp3) is 0.136. The van der Waals surface area contributed by atoms with Gasteiger partial charge >= 0.3 is 0 Å². The van der Waals surface area contributed by atoms with E-state index in [-0.39, 0.29) is 16.9 Å². The number of nitrogens with zero attached hydrogens (tertiary/aromatic N) is 4. The van der Waals surface area contributed by atoms with E-state index in [1.807, 2.05) is 6.92 Å². The Morgan fingerprint density at radius 2 is 1.69 bits per heavy atom. The van der Waals surface area contributed by atoms with Gasteiger partial charge in [-0.05, 0) is 36.8 Å². The Balaban J connectivity index is 1.58. The highest BCUT2D eigenvalue weighted by Crippen LogP contribution is 2.14. The molecule has 10 heteroatoms. The Kier molecular flexibility index (Phi) is 5.75. The first-order chi connectivity index (χ1) is 15.5. The Morgan fingerprint density at radius 1 is 1.00 bits per heavy atom. The summed E-state index contributed by atoms with van der Waals surface area (Å²) in [6.45, 7) is 2.25. The van der Waals surface area contributed by atoms with Crippen LogP contribution in [0.25, 0.3) is 16.5 Å². The van der Waals surface area contributed by atoms with E-state index in [2.05, 4.69) is 20.9 Å². The largest absolute Gasteiger partial charge is 0.295 e. The molecule has 0 aliphatic carbocycles. The van der Waals surface area contributed by atoms with Crippen molar-refractivity contribution in [1.29, 1.82) is 0 Å². The summed E-state index contributed by atoms with van der Waals surface area (Å²) < 4.78 is 15.9. The number of hydrazine groups is 1. The van der Waals surface area contributed by atoms with Crippen molar-refractivity contribution in [1.82, 2.24) is 30.2 Å². The van der Waals surface area contributed by atoms with E-state index in [1.54, 1.807) is 24.3 Å². The van der Waals surface area contributed by atoms with Gasteiger partial charge in [0, 0.05) is 17.6 Å². The lowest BCUT2D eigenvalue weighted by molar-refractivity contribution is 0.0840. The van der Waals surface area contributed by atoms with Gasteiger partial charge in [0.25, 0.3) is 17.4 Å². The zero-order valence-corrected chi connectivity index (χ0v) is 17.1. The average Bonchev–Trinajstić information content (AvgIpc) is 3.30. The van der Waals surface area contributed by atoms with Gasteiger partial charge in [-0.3, -0.25) is 29.8 Å². The molecule has 0 aliphatic heterocycles. The van der Waals surface area contributed by atoms with Crippen molar-refractivity contribution in [3.05, 3.63) is 88.6 Å². The van der Waals surface area contributed by atoms with Crippen LogP contribution in [0.5, 0.6) is 0 Å². The van der Waals surface area contributed by atoms with Gasteiger partial charge in [0.15, 0.2) is 5.69 Å². The lowest BCUT2D eigenvalue weighted by Crippen LogP contribution is -2.43. The second kappa shape index (κ2) is 8.80. The summed E-state index contributed by atoms with van der Waals surface area (Å²) in [7, 11) is 0. The molecular weight excluding hydrogens is 415 g/mol. The summed E-state index contributed by atoms with van der Waals surface area (Å²) in [5.74, 6) is -1.71. The Morgan fingerprint density at radius 3 is 2.41 bits per heavy atom. The normalized spacial score (nSPS) is 10.8. The number of hydrogen-bond donors (Lipinski definition) is 2. The summed E-state index contributed by atoms with van der Waals surface area (Å²) in [5, 5.41) is 4.94. The molecule has 0 atom stereocenters. The van der Waals surface area contributed by atoms with E-state index < -0.39 is 17.6 Å². The SMILES string of the molecule is CCCn1nc(C(=O)NNC(=O)c2cncn2-c2ccc(F)cc2)c2ccccc2c1=O. The molecule has 0 bridgehead atoms. The number of hydrogen-bond acceptors (Lipinski definition) is 5. The molecule has 162 valence electrons. The fourth-order valence-electron chi connectivity index (χ4n) is 3.27. The number of imidazole rings is 1. The average molecular weight is 434 g/mol. The molecular formula is C22H19FN6O3. The standard InChI is InChI=1S/C22H19FN6O3/c1-2-11-29-22(32)17-6-4-3-5-16(17)19(27-29)21(31)26-25-20(30)18-12-24-13-28(18)15-9-7-14(23)8-10-15/h3-10,12-13H,2,11H2,1H3,(H,25,30)(H,26,31). The van der Waals surface area contributed by atoms with Gasteiger partial charge < -0.3 is 0 Å². The number of fused-ring (bicyclic) bond motifs is 1. The third-order valence-electron chi connectivity index (χ3n) is 4.78. The first-order valence-electron chi connectivity index (χ1n) is 9.88. The molecule has 0 saturated heterocycles. The zero-order chi connectivity index (χ0) is 22.7. The minimum atomic E-state index is -0.674. The molecule has 4 aromatic rings. The van der Waals surface area contributed by atoms with E-state index in [1.165, 1.54) is 46.0 Å². The zero-order valence-electron chi connectivity index (χ0n) is 17.1. The quantitative estimate of drug-likeness (QED) is 0.468. The minimum absolute atomic E-state index is 0.0148. The molecule has 0 aliphatic rings. The van der Waals surface area contributed by atoms with Crippen molar-refractivity contribution >= 4 is 22.6 Å². The van der Waals surface area contributed by atoms with Crippen LogP contribution in [-0.2, 0) is 6.54 Å². The summed E-state index contributed by atoms with van der Waals surface area (Å²) in [5.41, 5.74) is 5.06. The first kappa shape index (κ1) is 20.9. The summed E-state index contributed by atoms with van der Waals surface area (Å²) in [6.07, 6.45) is 3.38. The number of rotatable bonds is 5. The monoisotopic (exact) mass is 434 g/mol. The van der Waals surface area contributed by atoms with E-state index >= 15 is 0 Å². The second-order valence-electron chi connectivity index (χ2n) is 6.96. The molecule has 2 heterocycles. The van der Waals surface area contributed by atoms with Gasteiger partial charge in [0.05, 0.1) is 17.9 Å². The van der Waals surface area contributed by atoms with Crippen LogP contribution in [0.2, 0.25) is 0 Å². The maximum atomic E-state index is 13.2. The van der Waals surface area contributed by atoms with Crippen molar-refractivity contribution in [2.45, 2.75) is 19.9 Å². The van der Waals surface area contributed by atoms with Gasteiger partial charge in [0.1, 0.15) is 11.5 Å². The van der Waals surface area contributed by atoms with Gasteiger partial charge in [-0.25, -0.2) is 14.1 Å². The number of nitrogens with one attached hydrogen (secondary N) is 2. The van der Waals surface area contributed by atoms with Crippen molar-refractivity contribution < 1.29 is 14.0 Å². The summed E-state index contributed by atoms with van der Waals surface area (Å²) >= 11 is 0. The lowest BCUT2D eigenvalue weighted by atomic mass is 10.1. The molecule has 0 saturated carbocycles. The molecule has 2 aromatic carbocycles. The number of amides is 2. The smallest absolute Gasteiger partial charge is 0.290 e. The number of carbonyl (C=O) groups excluding carboxylic acids is 2. The molecule has 0 fully saturated rings. The topological polar surface area (TPSA) is 111 Å². The Hall–Kier alpha value is -4.34. The predicted octanol–water partition coefficient (Wildman–Crippen LogP) is 2.21. The highest BCUT2D eigenvalue weighted by Gasteiger charge is 2.19. The van der Waals surface area contributed by atoms with Crippen LogP contribution in [-0.4, -0.2) is 31.1 Å². The van der Waals surface area contributed by atoms with Crippen LogP contribution in [0.1, 0.15) is 34.3 Å². The fourth-order valence-corrected chi connectivity index (χ4v) is 3.27. The Labute approximate surface area is 181 Å². The predicted molar refractivity (Wildman–Crippen MR) is 115 cm³/mol. The molecule has 4 rings (SSSR count). The van der Waals surface area contributed by atoms with Crippen molar-refractivity contribution in [3.8, 4) is 5.69 Å². The molecule has 0 radical (unpaired) electrons. The van der Waals surface area contributed by atoms with Crippen LogP contribution in [0.15, 0.2) is 65.8 Å². The highest BCUT2D eigenvalue weighted by molar-refractivity contribution is 6.05. The van der Waals surface area contributed by atoms with Crippen molar-refractivity contribution in [2.75, 3.05) is 0 Å². The second-order valence-corrected chi connectivity index (χ2v) is 6.96. The third-order valence-corrected chi connectivity index (χ3v) is 4.78. The Bertz CT molecular complexity index is 1360. The maximum Gasteiger partial charge on any atom is 0.290 e. The number of benzene rings is 2. The van der Waals surface area contributed by atoms with E-state index in [9.17, 15) is 18.8 Å². The molecule has 2 N–H and O–H groups in total. The number of halogens is 1. The van der Waals surface area contributed by atoms with E-state index in [4.69, 9.17) is 0 Å². The van der Waals surface area contributed by atoms with E-state index in [0.29, 0.717) is 29.4 Å². The number of aromatic nitrogens is 4. The first-order valence-corrected chi connectivity index (χ1v) is 9.88. The molecule has 32 heavy (non-hydrogen) atoms. The van der Waals surface area contributed by atoms with Gasteiger partial charge in [0.2, 0.25) is 0 Å². The van der Waals surface area contributed by atoms with Crippen LogP contribution >= 0.6 is 0 Å². The molecule has 2 aromatic heterocycles. The lowest BCUT2D eigenvalue weighted by Gasteiger charge is -2.12. The molecule has 9 nitrogen and oxygen atoms in total. The summed E-state index contributed by atoms with van der Waals surface area (Å²) in [4.78, 5) is 42.0. The van der Waals surface area contributed by atoms with Crippen molar-refractivity contribution in [3.63, 3.8) is 0 Å². The van der Waals surface area contributed by atoms with Gasteiger partial charge in [-0.2, -0.15) is 5.10 Å². The van der Waals surface area contributed by atoms with Crippen LogP contribution in [0.3, 0.4) is 0 Å². The van der Waals surface area contributed by atoms with E-state index in [0.717, 1.165) is 0 Å². The maximum absolute atomic E-state index is 13.2. The third kappa shape index (κ3) is 3.97. The van der Waals surface area contributed by atoms with Crippen LogP contribution < -0.4 is 16.4 Å². The summed E-state index contributed by atoms with van der Waals surface area (Å²) in [6, 6.07) is 12.2. The number of aryl methyl sites for hydroxylation is 1. The minimum Gasteiger partial charge on any atom is -0.295 e. The van der Waals surface area contributed by atoms with Gasteiger partial charge in [-0.15, -0.1) is 0 Å². The molecule has 0 spiro atoms. The number of carbonyl (C=O) groups is 2.